The van der Waals surface area contributed by atoms with Crippen molar-refractivity contribution in [3.05, 3.63) is 48.2 Å². The number of hydrogen-bond donors (Lipinski definition) is 0. The van der Waals surface area contributed by atoms with E-state index in [4.69, 9.17) is 4.74 Å². The van der Waals surface area contributed by atoms with Crippen molar-refractivity contribution in [2.45, 2.75) is 37.6 Å². The maximum atomic E-state index is 13.7. The van der Waals surface area contributed by atoms with E-state index >= 15 is 0 Å². The topological polar surface area (TPSA) is 38.2 Å². The van der Waals surface area contributed by atoms with Crippen LogP contribution < -0.4 is 0 Å². The van der Waals surface area contributed by atoms with E-state index in [0.717, 1.165) is 62.5 Å². The minimum atomic E-state index is -0.235. The van der Waals surface area contributed by atoms with Gasteiger partial charge in [-0.3, -0.25) is 14.9 Å². The highest BCUT2D eigenvalue weighted by Crippen LogP contribution is 2.33. The predicted molar refractivity (Wildman–Crippen MR) is 94.8 cm³/mol. The third-order valence-electron chi connectivity index (χ3n) is 5.37. The van der Waals surface area contributed by atoms with Crippen LogP contribution in [0, 0.1) is 5.82 Å². The standard InChI is InChI=1S/C20H24FN3O/c21-17-5-1-3-15(13-17)19-20(23-9-8-22-19)16-4-2-10-24(14-16)18-6-11-25-12-7-18/h1,3,5,8-9,13,16,18H,2,4,6-7,10-12,14H2/t16-/m0/s1. The number of halogens is 1. The first-order chi connectivity index (χ1) is 12.3. The molecule has 2 aliphatic rings. The largest absolute Gasteiger partial charge is 0.381 e. The van der Waals surface area contributed by atoms with E-state index < -0.39 is 0 Å². The third-order valence-corrected chi connectivity index (χ3v) is 5.37. The van der Waals surface area contributed by atoms with Crippen LogP contribution in [0.1, 0.15) is 37.3 Å². The summed E-state index contributed by atoms with van der Waals surface area (Å²) in [5.74, 6) is 0.116. The zero-order valence-electron chi connectivity index (χ0n) is 14.4. The molecule has 0 radical (unpaired) electrons. The lowest BCUT2D eigenvalue weighted by Gasteiger charge is -2.40. The highest BCUT2D eigenvalue weighted by molar-refractivity contribution is 5.62. The summed E-state index contributed by atoms with van der Waals surface area (Å²) in [6.07, 6.45) is 7.96. The zero-order valence-corrected chi connectivity index (χ0v) is 14.4. The van der Waals surface area contributed by atoms with Crippen molar-refractivity contribution in [3.63, 3.8) is 0 Å². The molecule has 2 aliphatic heterocycles. The molecule has 0 saturated carbocycles. The van der Waals surface area contributed by atoms with Gasteiger partial charge in [0.25, 0.3) is 0 Å². The Bertz CT molecular complexity index is 718. The molecule has 3 heterocycles. The molecule has 0 amide bonds. The molecule has 4 rings (SSSR count). The summed E-state index contributed by atoms with van der Waals surface area (Å²) >= 11 is 0. The SMILES string of the molecule is Fc1cccc(-c2nccnc2[C@H]2CCCN(C3CCOCC3)C2)c1. The second-order valence-electron chi connectivity index (χ2n) is 6.98. The molecule has 2 aromatic rings. The van der Waals surface area contributed by atoms with Crippen LogP contribution in [0.25, 0.3) is 11.3 Å². The van der Waals surface area contributed by atoms with Gasteiger partial charge in [0.2, 0.25) is 0 Å². The normalized spacial score (nSPS) is 22.8. The number of piperidine rings is 1. The number of hydrogen-bond acceptors (Lipinski definition) is 4. The number of ether oxygens (including phenoxy) is 1. The highest BCUT2D eigenvalue weighted by Gasteiger charge is 2.30. The van der Waals surface area contributed by atoms with Crippen molar-refractivity contribution in [1.82, 2.24) is 14.9 Å². The van der Waals surface area contributed by atoms with Crippen molar-refractivity contribution in [3.8, 4) is 11.3 Å². The summed E-state index contributed by atoms with van der Waals surface area (Å²) in [6, 6.07) is 7.28. The van der Waals surface area contributed by atoms with Gasteiger partial charge in [0.1, 0.15) is 5.82 Å². The molecule has 5 heteroatoms. The van der Waals surface area contributed by atoms with Crippen LogP contribution in [0.3, 0.4) is 0 Å². The highest BCUT2D eigenvalue weighted by atomic mass is 19.1. The van der Waals surface area contributed by atoms with Gasteiger partial charge in [-0.25, -0.2) is 4.39 Å². The average molecular weight is 341 g/mol. The first-order valence-electron chi connectivity index (χ1n) is 9.20. The van der Waals surface area contributed by atoms with Crippen molar-refractivity contribution in [1.29, 1.82) is 0 Å². The van der Waals surface area contributed by atoms with Gasteiger partial charge < -0.3 is 4.74 Å². The summed E-state index contributed by atoms with van der Waals surface area (Å²) in [7, 11) is 0. The Balaban J connectivity index is 1.59. The number of rotatable bonds is 3. The molecule has 1 atom stereocenters. The molecule has 0 N–H and O–H groups in total. The van der Waals surface area contributed by atoms with Gasteiger partial charge in [0.15, 0.2) is 0 Å². The number of aromatic nitrogens is 2. The molecule has 0 spiro atoms. The Morgan fingerprint density at radius 3 is 2.76 bits per heavy atom. The summed E-state index contributed by atoms with van der Waals surface area (Å²) in [5, 5.41) is 0. The Hall–Kier alpha value is -1.85. The van der Waals surface area contributed by atoms with Gasteiger partial charge in [-0.15, -0.1) is 0 Å². The van der Waals surface area contributed by atoms with Crippen LogP contribution in [-0.2, 0) is 4.74 Å². The first-order valence-corrected chi connectivity index (χ1v) is 9.20. The van der Waals surface area contributed by atoms with Crippen LogP contribution in [0.5, 0.6) is 0 Å². The van der Waals surface area contributed by atoms with Crippen molar-refractivity contribution < 1.29 is 9.13 Å². The summed E-state index contributed by atoms with van der Waals surface area (Å²) in [6.45, 7) is 3.89. The van der Waals surface area contributed by atoms with Crippen LogP contribution in [0.2, 0.25) is 0 Å². The van der Waals surface area contributed by atoms with E-state index in [2.05, 4.69) is 14.9 Å². The van der Waals surface area contributed by atoms with Gasteiger partial charge in [-0.05, 0) is 44.4 Å². The van der Waals surface area contributed by atoms with E-state index in [-0.39, 0.29) is 5.82 Å². The molecule has 0 bridgehead atoms. The lowest BCUT2D eigenvalue weighted by molar-refractivity contribution is 0.0238. The van der Waals surface area contributed by atoms with Crippen LogP contribution in [-0.4, -0.2) is 47.2 Å². The number of likely N-dealkylation sites (tertiary alicyclic amines) is 1. The van der Waals surface area contributed by atoms with Gasteiger partial charge in [0.05, 0.1) is 11.4 Å². The maximum absolute atomic E-state index is 13.7. The molecule has 2 saturated heterocycles. The summed E-state index contributed by atoms with van der Waals surface area (Å²) in [4.78, 5) is 11.8. The van der Waals surface area contributed by atoms with Crippen molar-refractivity contribution in [2.24, 2.45) is 0 Å². The van der Waals surface area contributed by atoms with Crippen LogP contribution >= 0.6 is 0 Å². The fourth-order valence-electron chi connectivity index (χ4n) is 4.12. The second-order valence-corrected chi connectivity index (χ2v) is 6.98. The van der Waals surface area contributed by atoms with Crippen LogP contribution in [0.4, 0.5) is 4.39 Å². The Kier molecular flexibility index (Phi) is 5.04. The maximum Gasteiger partial charge on any atom is 0.123 e. The van der Waals surface area contributed by atoms with Gasteiger partial charge in [0, 0.05) is 49.7 Å². The molecule has 4 nitrogen and oxygen atoms in total. The lowest BCUT2D eigenvalue weighted by Crippen LogP contribution is -2.44. The second kappa shape index (κ2) is 7.58. The average Bonchev–Trinajstić information content (AvgIpc) is 2.69. The zero-order chi connectivity index (χ0) is 17.1. The molecule has 1 aromatic carbocycles. The Labute approximate surface area is 148 Å². The first kappa shape index (κ1) is 16.6. The summed E-state index contributed by atoms with van der Waals surface area (Å²) in [5.41, 5.74) is 2.64. The predicted octanol–water partition coefficient (Wildman–Crippen LogP) is 3.64. The van der Waals surface area contributed by atoms with E-state index in [9.17, 15) is 4.39 Å². The van der Waals surface area contributed by atoms with Crippen molar-refractivity contribution >= 4 is 0 Å². The molecule has 25 heavy (non-hydrogen) atoms. The smallest absolute Gasteiger partial charge is 0.123 e. The van der Waals surface area contributed by atoms with Gasteiger partial charge in [-0.2, -0.15) is 0 Å². The van der Waals surface area contributed by atoms with Crippen molar-refractivity contribution in [2.75, 3.05) is 26.3 Å². The fraction of sp³-hybridized carbons (Fsp3) is 0.500. The molecule has 0 unspecified atom stereocenters. The van der Waals surface area contributed by atoms with E-state index in [1.54, 1.807) is 24.5 Å². The molecular formula is C20H24FN3O. The third kappa shape index (κ3) is 3.72. The lowest BCUT2D eigenvalue weighted by atomic mass is 9.90. The van der Waals surface area contributed by atoms with E-state index in [0.29, 0.717) is 12.0 Å². The van der Waals surface area contributed by atoms with Gasteiger partial charge in [-0.1, -0.05) is 12.1 Å². The molecular weight excluding hydrogens is 317 g/mol. The molecule has 132 valence electrons. The molecule has 2 fully saturated rings. The fourth-order valence-corrected chi connectivity index (χ4v) is 4.12. The number of benzene rings is 1. The van der Waals surface area contributed by atoms with E-state index in [1.807, 2.05) is 6.07 Å². The quantitative estimate of drug-likeness (QED) is 0.854. The molecule has 1 aromatic heterocycles. The van der Waals surface area contributed by atoms with Crippen LogP contribution in [0.15, 0.2) is 36.7 Å². The minimum Gasteiger partial charge on any atom is -0.381 e. The Morgan fingerprint density at radius 2 is 1.92 bits per heavy atom. The number of nitrogens with zero attached hydrogens (tertiary/aromatic N) is 3. The Morgan fingerprint density at radius 1 is 1.08 bits per heavy atom. The molecule has 0 aliphatic carbocycles. The van der Waals surface area contributed by atoms with Gasteiger partial charge >= 0.3 is 0 Å². The minimum absolute atomic E-state index is 0.235. The van der Waals surface area contributed by atoms with E-state index in [1.165, 1.54) is 12.5 Å². The monoisotopic (exact) mass is 341 g/mol. The summed E-state index contributed by atoms with van der Waals surface area (Å²) < 4.78 is 19.2.